The lowest BCUT2D eigenvalue weighted by atomic mass is 10.2. The highest BCUT2D eigenvalue weighted by Crippen LogP contribution is 2.10. The number of hydrazone groups is 1. The number of rotatable bonds is 5. The van der Waals surface area contributed by atoms with Crippen molar-refractivity contribution in [3.8, 4) is 5.75 Å². The second-order valence-electron chi connectivity index (χ2n) is 4.22. The van der Waals surface area contributed by atoms with Crippen molar-refractivity contribution in [2.75, 3.05) is 18.0 Å². The van der Waals surface area contributed by atoms with Crippen LogP contribution in [0.1, 0.15) is 18.3 Å². The van der Waals surface area contributed by atoms with E-state index in [1.807, 2.05) is 24.3 Å². The van der Waals surface area contributed by atoms with Crippen LogP contribution in [-0.2, 0) is 4.79 Å². The van der Waals surface area contributed by atoms with E-state index < -0.39 is 0 Å². The van der Waals surface area contributed by atoms with Crippen molar-refractivity contribution >= 4 is 18.1 Å². The largest absolute Gasteiger partial charge is 0.497 e. The highest BCUT2D eigenvalue weighted by molar-refractivity contribution is 5.82. The van der Waals surface area contributed by atoms with E-state index in [2.05, 4.69) is 26.2 Å². The van der Waals surface area contributed by atoms with E-state index in [0.29, 0.717) is 11.8 Å². The number of benzene rings is 1. The highest BCUT2D eigenvalue weighted by atomic mass is 16.5. The fraction of sp³-hybridized carbons (Fsp3) is 0.231. The third-order valence-electron chi connectivity index (χ3n) is 2.59. The molecule has 0 aliphatic carbocycles. The predicted molar refractivity (Wildman–Crippen MR) is 79.0 cm³/mol. The Morgan fingerprint density at radius 3 is 2.67 bits per heavy atom. The predicted octanol–water partition coefficient (Wildman–Crippen LogP) is 1.13. The Hall–Kier alpha value is -2.90. The van der Waals surface area contributed by atoms with Gasteiger partial charge in [-0.2, -0.15) is 5.10 Å². The van der Waals surface area contributed by atoms with Crippen molar-refractivity contribution in [1.82, 2.24) is 14.9 Å². The molecule has 1 heterocycles. The van der Waals surface area contributed by atoms with Gasteiger partial charge in [-0.3, -0.25) is 10.2 Å². The molecular weight excluding hydrogens is 272 g/mol. The Labute approximate surface area is 121 Å². The number of carbonyl (C=O) groups excluding carboxylic acids is 1. The molecule has 0 aliphatic heterocycles. The van der Waals surface area contributed by atoms with Crippen LogP contribution in [-0.4, -0.2) is 34.1 Å². The van der Waals surface area contributed by atoms with Crippen LogP contribution in [0.2, 0.25) is 0 Å². The number of nitrogens with one attached hydrogen (secondary N) is 2. The maximum Gasteiger partial charge on any atom is 0.264 e. The Kier molecular flexibility index (Phi) is 4.50. The number of anilines is 1. The summed E-state index contributed by atoms with van der Waals surface area (Å²) in [4.78, 5) is 11.1. The first-order valence-corrected chi connectivity index (χ1v) is 6.23. The van der Waals surface area contributed by atoms with E-state index >= 15 is 0 Å². The SMILES string of the molecule is COc1ccc(/C=N/Nc2nnc(C)n2NC(C)=O)cc1. The maximum absolute atomic E-state index is 11.1. The van der Waals surface area contributed by atoms with Gasteiger partial charge in [-0.15, -0.1) is 10.2 Å². The van der Waals surface area contributed by atoms with Gasteiger partial charge in [0.05, 0.1) is 13.3 Å². The molecule has 21 heavy (non-hydrogen) atoms. The zero-order valence-corrected chi connectivity index (χ0v) is 12.0. The second kappa shape index (κ2) is 6.51. The van der Waals surface area contributed by atoms with Crippen molar-refractivity contribution in [3.63, 3.8) is 0 Å². The van der Waals surface area contributed by atoms with E-state index in [4.69, 9.17) is 4.74 Å². The Morgan fingerprint density at radius 2 is 2.05 bits per heavy atom. The molecule has 8 heteroatoms. The average molecular weight is 288 g/mol. The molecule has 0 saturated heterocycles. The number of methoxy groups -OCH3 is 1. The van der Waals surface area contributed by atoms with Crippen molar-refractivity contribution < 1.29 is 9.53 Å². The van der Waals surface area contributed by atoms with Crippen molar-refractivity contribution in [2.45, 2.75) is 13.8 Å². The molecule has 110 valence electrons. The molecule has 1 aromatic carbocycles. The quantitative estimate of drug-likeness (QED) is 0.635. The molecule has 8 nitrogen and oxygen atoms in total. The second-order valence-corrected chi connectivity index (χ2v) is 4.22. The van der Waals surface area contributed by atoms with Crippen LogP contribution in [0.5, 0.6) is 5.75 Å². The monoisotopic (exact) mass is 288 g/mol. The molecule has 2 rings (SSSR count). The van der Waals surface area contributed by atoms with E-state index in [-0.39, 0.29) is 5.91 Å². The molecule has 0 fully saturated rings. The number of aryl methyl sites for hydroxylation is 1. The fourth-order valence-electron chi connectivity index (χ4n) is 1.58. The topological polar surface area (TPSA) is 93.4 Å². The van der Waals surface area contributed by atoms with Crippen LogP contribution < -0.4 is 15.6 Å². The van der Waals surface area contributed by atoms with Crippen LogP contribution in [0.15, 0.2) is 29.4 Å². The summed E-state index contributed by atoms with van der Waals surface area (Å²) >= 11 is 0. The van der Waals surface area contributed by atoms with Crippen molar-refractivity contribution in [2.24, 2.45) is 5.10 Å². The van der Waals surface area contributed by atoms with Gasteiger partial charge in [0.15, 0.2) is 5.82 Å². The molecule has 0 radical (unpaired) electrons. The van der Waals surface area contributed by atoms with Gasteiger partial charge in [0.1, 0.15) is 5.75 Å². The fourth-order valence-corrected chi connectivity index (χ4v) is 1.58. The highest BCUT2D eigenvalue weighted by Gasteiger charge is 2.08. The van der Waals surface area contributed by atoms with Gasteiger partial charge < -0.3 is 4.74 Å². The summed E-state index contributed by atoms with van der Waals surface area (Å²) in [7, 11) is 1.61. The molecule has 2 N–H and O–H groups in total. The molecular formula is C13H16N6O2. The van der Waals surface area contributed by atoms with Crippen molar-refractivity contribution in [3.05, 3.63) is 35.7 Å². The van der Waals surface area contributed by atoms with Crippen LogP contribution in [0, 0.1) is 6.92 Å². The molecule has 0 spiro atoms. The zero-order valence-electron chi connectivity index (χ0n) is 12.0. The molecule has 2 aromatic rings. The van der Waals surface area contributed by atoms with E-state index in [1.54, 1.807) is 20.2 Å². The van der Waals surface area contributed by atoms with Crippen LogP contribution >= 0.6 is 0 Å². The molecule has 0 saturated carbocycles. The van der Waals surface area contributed by atoms with E-state index in [0.717, 1.165) is 11.3 Å². The Bertz CT molecular complexity index is 647. The summed E-state index contributed by atoms with van der Waals surface area (Å²) < 4.78 is 6.50. The smallest absolute Gasteiger partial charge is 0.264 e. The zero-order chi connectivity index (χ0) is 15.2. The lowest BCUT2D eigenvalue weighted by molar-refractivity contribution is -0.115. The van der Waals surface area contributed by atoms with Gasteiger partial charge >= 0.3 is 0 Å². The minimum atomic E-state index is -0.222. The van der Waals surface area contributed by atoms with Crippen LogP contribution in [0.25, 0.3) is 0 Å². The number of carbonyl (C=O) groups is 1. The number of amides is 1. The van der Waals surface area contributed by atoms with E-state index in [1.165, 1.54) is 11.6 Å². The first-order chi connectivity index (χ1) is 10.1. The van der Waals surface area contributed by atoms with Gasteiger partial charge in [0.2, 0.25) is 5.91 Å². The molecule has 1 amide bonds. The molecule has 0 atom stereocenters. The third-order valence-corrected chi connectivity index (χ3v) is 2.59. The number of hydrogen-bond donors (Lipinski definition) is 2. The first kappa shape index (κ1) is 14.5. The summed E-state index contributed by atoms with van der Waals surface area (Å²) in [5, 5.41) is 11.8. The standard InChI is InChI=1S/C13H16N6O2/c1-9-15-17-13(19(9)18-10(2)20)16-14-8-11-4-6-12(21-3)7-5-11/h4-8H,1-3H3,(H,16,17)(H,18,20)/b14-8+. The molecule has 1 aromatic heterocycles. The minimum Gasteiger partial charge on any atom is -0.497 e. The summed E-state index contributed by atoms with van der Waals surface area (Å²) in [5.41, 5.74) is 6.21. The van der Waals surface area contributed by atoms with Gasteiger partial charge in [-0.1, -0.05) is 0 Å². The number of ether oxygens (including phenoxy) is 1. The maximum atomic E-state index is 11.1. The normalized spacial score (nSPS) is 10.6. The number of aromatic nitrogens is 3. The van der Waals surface area contributed by atoms with Gasteiger partial charge in [-0.05, 0) is 36.8 Å². The molecule has 0 bridgehead atoms. The first-order valence-electron chi connectivity index (χ1n) is 6.23. The van der Waals surface area contributed by atoms with Gasteiger partial charge in [0.25, 0.3) is 5.95 Å². The van der Waals surface area contributed by atoms with Crippen LogP contribution in [0.4, 0.5) is 5.95 Å². The van der Waals surface area contributed by atoms with E-state index in [9.17, 15) is 4.79 Å². The summed E-state index contributed by atoms with van der Waals surface area (Å²) in [5.74, 6) is 1.43. The molecule has 0 unspecified atom stereocenters. The van der Waals surface area contributed by atoms with Crippen molar-refractivity contribution in [1.29, 1.82) is 0 Å². The number of hydrogen-bond acceptors (Lipinski definition) is 6. The van der Waals surface area contributed by atoms with Gasteiger partial charge in [-0.25, -0.2) is 10.1 Å². The Morgan fingerprint density at radius 1 is 1.33 bits per heavy atom. The average Bonchev–Trinajstić information content (AvgIpc) is 2.80. The summed E-state index contributed by atoms with van der Waals surface area (Å²) in [6.07, 6.45) is 1.63. The van der Waals surface area contributed by atoms with Crippen LogP contribution in [0.3, 0.4) is 0 Å². The lowest BCUT2D eigenvalue weighted by Crippen LogP contribution is -2.22. The summed E-state index contributed by atoms with van der Waals surface area (Å²) in [6, 6.07) is 7.41. The minimum absolute atomic E-state index is 0.222. The Balaban J connectivity index is 2.05. The summed E-state index contributed by atoms with van der Waals surface area (Å²) in [6.45, 7) is 3.13. The third kappa shape index (κ3) is 3.78. The van der Waals surface area contributed by atoms with Gasteiger partial charge in [0, 0.05) is 6.92 Å². The number of nitrogens with zero attached hydrogens (tertiary/aromatic N) is 4. The molecule has 0 aliphatic rings. The lowest BCUT2D eigenvalue weighted by Gasteiger charge is -2.06.